The summed E-state index contributed by atoms with van der Waals surface area (Å²) in [6.45, 7) is 2.70. The summed E-state index contributed by atoms with van der Waals surface area (Å²) < 4.78 is 1.86. The lowest BCUT2D eigenvalue weighted by Gasteiger charge is -2.12. The molecule has 0 saturated heterocycles. The van der Waals surface area contributed by atoms with E-state index in [-0.39, 0.29) is 11.9 Å². The molecule has 0 spiro atoms. The van der Waals surface area contributed by atoms with Crippen LogP contribution in [0.4, 0.5) is 0 Å². The van der Waals surface area contributed by atoms with E-state index in [2.05, 4.69) is 10.4 Å². The maximum absolute atomic E-state index is 12.3. The van der Waals surface area contributed by atoms with Crippen LogP contribution < -0.4 is 5.32 Å². The van der Waals surface area contributed by atoms with E-state index in [1.54, 1.807) is 17.5 Å². The van der Waals surface area contributed by atoms with Gasteiger partial charge in [-0.3, -0.25) is 9.48 Å². The zero-order chi connectivity index (χ0) is 15.4. The van der Waals surface area contributed by atoms with Gasteiger partial charge in [-0.15, -0.1) is 11.3 Å². The van der Waals surface area contributed by atoms with Gasteiger partial charge in [0.1, 0.15) is 0 Å². The van der Waals surface area contributed by atoms with Crippen LogP contribution in [0, 0.1) is 0 Å². The van der Waals surface area contributed by atoms with E-state index in [0.717, 1.165) is 10.4 Å². The summed E-state index contributed by atoms with van der Waals surface area (Å²) in [6.07, 6.45) is 3.68. The molecule has 1 atom stereocenters. The second-order valence-electron chi connectivity index (χ2n) is 5.11. The SMILES string of the molecule is CC(NC(=O)c1ccc(Cn2cccn2)cc1)c1cccs1. The quantitative estimate of drug-likeness (QED) is 0.784. The van der Waals surface area contributed by atoms with Gasteiger partial charge in [0.2, 0.25) is 0 Å². The first-order chi connectivity index (χ1) is 10.7. The lowest BCUT2D eigenvalue weighted by molar-refractivity contribution is 0.0940. The number of carbonyl (C=O) groups excluding carboxylic acids is 1. The van der Waals surface area contributed by atoms with E-state index in [4.69, 9.17) is 0 Å². The van der Waals surface area contributed by atoms with Crippen molar-refractivity contribution >= 4 is 17.2 Å². The van der Waals surface area contributed by atoms with Crippen LogP contribution in [-0.4, -0.2) is 15.7 Å². The van der Waals surface area contributed by atoms with Crippen LogP contribution in [0.15, 0.2) is 60.2 Å². The second kappa shape index (κ2) is 6.58. The molecule has 3 aromatic rings. The highest BCUT2D eigenvalue weighted by Crippen LogP contribution is 2.18. The third-order valence-electron chi connectivity index (χ3n) is 3.44. The van der Waals surface area contributed by atoms with Crippen LogP contribution in [0.2, 0.25) is 0 Å². The molecule has 5 heteroatoms. The van der Waals surface area contributed by atoms with Gasteiger partial charge < -0.3 is 5.32 Å². The molecule has 0 bridgehead atoms. The Morgan fingerprint density at radius 2 is 2.09 bits per heavy atom. The highest BCUT2D eigenvalue weighted by Gasteiger charge is 2.12. The van der Waals surface area contributed by atoms with Gasteiger partial charge in [0, 0.05) is 22.8 Å². The highest BCUT2D eigenvalue weighted by molar-refractivity contribution is 7.10. The smallest absolute Gasteiger partial charge is 0.251 e. The summed E-state index contributed by atoms with van der Waals surface area (Å²) in [5.41, 5.74) is 1.79. The molecule has 0 radical (unpaired) electrons. The molecule has 0 fully saturated rings. The minimum Gasteiger partial charge on any atom is -0.345 e. The van der Waals surface area contributed by atoms with Gasteiger partial charge in [-0.05, 0) is 42.1 Å². The van der Waals surface area contributed by atoms with E-state index in [0.29, 0.717) is 12.1 Å². The van der Waals surface area contributed by atoms with Gasteiger partial charge in [-0.2, -0.15) is 5.10 Å². The van der Waals surface area contributed by atoms with Crippen molar-refractivity contribution in [1.29, 1.82) is 0 Å². The molecule has 22 heavy (non-hydrogen) atoms. The van der Waals surface area contributed by atoms with Gasteiger partial charge in [0.15, 0.2) is 0 Å². The predicted molar refractivity (Wildman–Crippen MR) is 88.0 cm³/mol. The summed E-state index contributed by atoms with van der Waals surface area (Å²) in [6, 6.07) is 13.6. The largest absolute Gasteiger partial charge is 0.345 e. The Morgan fingerprint density at radius 1 is 1.27 bits per heavy atom. The fourth-order valence-electron chi connectivity index (χ4n) is 2.23. The molecule has 4 nitrogen and oxygen atoms in total. The predicted octanol–water partition coefficient (Wildman–Crippen LogP) is 3.48. The average molecular weight is 311 g/mol. The number of thiophene rings is 1. The fraction of sp³-hybridized carbons (Fsp3) is 0.176. The zero-order valence-corrected chi connectivity index (χ0v) is 13.1. The van der Waals surface area contributed by atoms with Crippen LogP contribution in [0.3, 0.4) is 0 Å². The highest BCUT2D eigenvalue weighted by atomic mass is 32.1. The number of aromatic nitrogens is 2. The normalized spacial score (nSPS) is 12.0. The minimum absolute atomic E-state index is 0.0243. The zero-order valence-electron chi connectivity index (χ0n) is 12.3. The van der Waals surface area contributed by atoms with Gasteiger partial charge >= 0.3 is 0 Å². The van der Waals surface area contributed by atoms with Gasteiger partial charge in [-0.1, -0.05) is 18.2 Å². The van der Waals surface area contributed by atoms with Crippen molar-refractivity contribution in [2.24, 2.45) is 0 Å². The van der Waals surface area contributed by atoms with E-state index in [9.17, 15) is 4.79 Å². The van der Waals surface area contributed by atoms with Crippen LogP contribution in [0.25, 0.3) is 0 Å². The van der Waals surface area contributed by atoms with E-state index in [1.165, 1.54) is 0 Å². The molecule has 112 valence electrons. The van der Waals surface area contributed by atoms with Crippen molar-refractivity contribution in [3.8, 4) is 0 Å². The molecular formula is C17H17N3OS. The maximum atomic E-state index is 12.3. The average Bonchev–Trinajstić information content (AvgIpc) is 3.21. The van der Waals surface area contributed by atoms with Crippen molar-refractivity contribution in [3.05, 3.63) is 76.2 Å². The van der Waals surface area contributed by atoms with E-state index >= 15 is 0 Å². The van der Waals surface area contributed by atoms with Gasteiger partial charge in [-0.25, -0.2) is 0 Å². The molecule has 3 rings (SSSR count). The summed E-state index contributed by atoms with van der Waals surface area (Å²) in [4.78, 5) is 13.4. The number of nitrogens with one attached hydrogen (secondary N) is 1. The molecule has 1 N–H and O–H groups in total. The lowest BCUT2D eigenvalue weighted by atomic mass is 10.1. The molecule has 2 aromatic heterocycles. The minimum atomic E-state index is -0.0495. The molecule has 2 heterocycles. The molecule has 1 amide bonds. The number of hydrogen-bond donors (Lipinski definition) is 1. The number of hydrogen-bond acceptors (Lipinski definition) is 3. The molecule has 0 aliphatic heterocycles. The lowest BCUT2D eigenvalue weighted by Crippen LogP contribution is -2.26. The number of amides is 1. The van der Waals surface area contributed by atoms with Crippen LogP contribution in [0.1, 0.15) is 33.8 Å². The van der Waals surface area contributed by atoms with E-state index in [1.807, 2.05) is 65.6 Å². The van der Waals surface area contributed by atoms with Crippen molar-refractivity contribution in [2.75, 3.05) is 0 Å². The van der Waals surface area contributed by atoms with Crippen molar-refractivity contribution in [1.82, 2.24) is 15.1 Å². The number of carbonyl (C=O) groups is 1. The Labute approximate surface area is 133 Å². The Balaban J connectivity index is 1.63. The van der Waals surface area contributed by atoms with Crippen molar-refractivity contribution in [2.45, 2.75) is 19.5 Å². The van der Waals surface area contributed by atoms with Crippen LogP contribution >= 0.6 is 11.3 Å². The van der Waals surface area contributed by atoms with Gasteiger partial charge in [0.05, 0.1) is 12.6 Å². The topological polar surface area (TPSA) is 46.9 Å². The number of nitrogens with zero attached hydrogens (tertiary/aromatic N) is 2. The molecule has 0 aliphatic rings. The fourth-order valence-corrected chi connectivity index (χ4v) is 2.97. The number of rotatable bonds is 5. The Morgan fingerprint density at radius 3 is 2.73 bits per heavy atom. The molecule has 0 saturated carbocycles. The molecule has 1 unspecified atom stereocenters. The summed E-state index contributed by atoms with van der Waals surface area (Å²) in [5.74, 6) is -0.0495. The van der Waals surface area contributed by atoms with Gasteiger partial charge in [0.25, 0.3) is 5.91 Å². The summed E-state index contributed by atoms with van der Waals surface area (Å²) >= 11 is 1.65. The van der Waals surface area contributed by atoms with Crippen molar-refractivity contribution < 1.29 is 4.79 Å². The molecule has 0 aliphatic carbocycles. The first-order valence-corrected chi connectivity index (χ1v) is 8.01. The molecular weight excluding hydrogens is 294 g/mol. The first kappa shape index (κ1) is 14.5. The molecule has 1 aromatic carbocycles. The first-order valence-electron chi connectivity index (χ1n) is 7.13. The third-order valence-corrected chi connectivity index (χ3v) is 4.49. The Hall–Kier alpha value is -2.40. The monoisotopic (exact) mass is 311 g/mol. The summed E-state index contributed by atoms with van der Waals surface area (Å²) in [7, 11) is 0. The standard InChI is InChI=1S/C17H17N3OS/c1-13(16-4-2-11-22-16)19-17(21)15-7-5-14(6-8-15)12-20-10-3-9-18-20/h2-11,13H,12H2,1H3,(H,19,21). The second-order valence-corrected chi connectivity index (χ2v) is 6.09. The van der Waals surface area contributed by atoms with Crippen LogP contribution in [0.5, 0.6) is 0 Å². The van der Waals surface area contributed by atoms with Crippen molar-refractivity contribution in [3.63, 3.8) is 0 Å². The summed E-state index contributed by atoms with van der Waals surface area (Å²) in [5, 5.41) is 9.21. The third kappa shape index (κ3) is 3.43. The number of benzene rings is 1. The Kier molecular flexibility index (Phi) is 4.34. The Bertz CT molecular complexity index is 718. The maximum Gasteiger partial charge on any atom is 0.251 e. The van der Waals surface area contributed by atoms with Crippen LogP contribution in [-0.2, 0) is 6.54 Å². The van der Waals surface area contributed by atoms with E-state index < -0.39 is 0 Å².